The maximum absolute atomic E-state index is 3.41. The molecule has 0 aliphatic rings. The van der Waals surface area contributed by atoms with Crippen molar-refractivity contribution in [3.05, 3.63) is 29.8 Å². The fraction of sp³-hybridized carbons (Fsp3) is 0.385. The lowest BCUT2D eigenvalue weighted by Crippen LogP contribution is -2.22. The van der Waals surface area contributed by atoms with Crippen LogP contribution in [0.3, 0.4) is 0 Å². The maximum Gasteiger partial charge on any atom is 0.129 e. The van der Waals surface area contributed by atoms with Crippen LogP contribution >= 0.6 is 0 Å². The molecule has 1 aromatic rings. The lowest BCUT2D eigenvalue weighted by Gasteiger charge is -2.05. The minimum atomic E-state index is -1.23. The van der Waals surface area contributed by atoms with Crippen LogP contribution in [-0.2, 0) is 0 Å². The van der Waals surface area contributed by atoms with Crippen LogP contribution in [-0.4, -0.2) is 16.9 Å². The van der Waals surface area contributed by atoms with Crippen molar-refractivity contribution in [1.82, 2.24) is 0 Å². The molecule has 1 rings (SSSR count). The molecule has 15 heavy (non-hydrogen) atoms. The highest BCUT2D eigenvalue weighted by molar-refractivity contribution is 6.83. The lowest BCUT2D eigenvalue weighted by atomic mass is 10.2. The molecule has 0 spiro atoms. The zero-order valence-corrected chi connectivity index (χ0v) is 12.5. The molecule has 2 heteroatoms. The van der Waals surface area contributed by atoms with Crippen LogP contribution in [0.25, 0.3) is 0 Å². The Morgan fingerprint density at radius 3 is 2.33 bits per heavy atom. The highest BCUT2D eigenvalue weighted by Gasteiger charge is 2.07. The van der Waals surface area contributed by atoms with Crippen molar-refractivity contribution < 1.29 is 0 Å². The first kappa shape index (κ1) is 12.3. The van der Waals surface area contributed by atoms with Gasteiger partial charge in [-0.2, -0.15) is 0 Å². The Bertz CT molecular complexity index is 389. The van der Waals surface area contributed by atoms with Gasteiger partial charge in [0.25, 0.3) is 0 Å². The Morgan fingerprint density at radius 2 is 1.80 bits per heavy atom. The molecule has 80 valence electrons. The molecule has 0 bridgehead atoms. The molecule has 0 aliphatic carbocycles. The molecule has 0 nitrogen and oxygen atoms in total. The van der Waals surface area contributed by atoms with Gasteiger partial charge in [-0.1, -0.05) is 56.0 Å². The predicted octanol–water partition coefficient (Wildman–Crippen LogP) is 2.61. The first-order valence-electron chi connectivity index (χ1n) is 5.51. The molecule has 0 atom stereocenters. The summed E-state index contributed by atoms with van der Waals surface area (Å²) in [5.74, 6) is 3.31. The van der Waals surface area contributed by atoms with Crippen molar-refractivity contribution in [2.45, 2.75) is 32.7 Å². The van der Waals surface area contributed by atoms with Crippen molar-refractivity contribution in [3.8, 4) is 11.5 Å². The van der Waals surface area contributed by atoms with E-state index >= 15 is 0 Å². The molecule has 0 aliphatic heterocycles. The third-order valence-electron chi connectivity index (χ3n) is 2.14. The molecule has 0 N–H and O–H groups in total. The second kappa shape index (κ2) is 4.82. The third kappa shape index (κ3) is 4.50. The molecule has 0 fully saturated rings. The number of hydrogen-bond acceptors (Lipinski definition) is 0. The van der Waals surface area contributed by atoms with E-state index in [1.54, 1.807) is 0 Å². The molecule has 0 amide bonds. The zero-order chi connectivity index (χ0) is 11.5. The Labute approximate surface area is 96.3 Å². The zero-order valence-electron chi connectivity index (χ0n) is 10.4. The molecular weight excluding hydrogens is 212 g/mol. The van der Waals surface area contributed by atoms with E-state index in [2.05, 4.69) is 68.5 Å². The second-order valence-electron chi connectivity index (χ2n) is 5.28. The van der Waals surface area contributed by atoms with Crippen LogP contribution < -0.4 is 5.19 Å². The van der Waals surface area contributed by atoms with Gasteiger partial charge in [-0.25, -0.2) is 0 Å². The van der Waals surface area contributed by atoms with Gasteiger partial charge >= 0.3 is 0 Å². The minimum absolute atomic E-state index is 0.680. The van der Waals surface area contributed by atoms with E-state index in [0.29, 0.717) is 0 Å². The van der Waals surface area contributed by atoms with Crippen molar-refractivity contribution in [2.75, 3.05) is 0 Å². The van der Waals surface area contributed by atoms with Crippen LogP contribution in [0.2, 0.25) is 32.7 Å². The summed E-state index contributed by atoms with van der Waals surface area (Å²) in [6.07, 6.45) is 0. The van der Waals surface area contributed by atoms with E-state index in [-0.39, 0.29) is 0 Å². The number of rotatable bonds is 1. The van der Waals surface area contributed by atoms with Crippen LogP contribution in [0.5, 0.6) is 0 Å². The van der Waals surface area contributed by atoms with Gasteiger partial charge in [-0.05, 0) is 12.1 Å². The molecule has 0 saturated carbocycles. The van der Waals surface area contributed by atoms with E-state index in [1.165, 1.54) is 10.8 Å². The quantitative estimate of drug-likeness (QED) is 0.516. The third-order valence-corrected chi connectivity index (χ3v) is 4.70. The summed E-state index contributed by atoms with van der Waals surface area (Å²) in [6, 6.07) is 8.75. The van der Waals surface area contributed by atoms with Gasteiger partial charge in [0.05, 0.1) is 8.80 Å². The van der Waals surface area contributed by atoms with Crippen LogP contribution in [0.1, 0.15) is 5.56 Å². The fourth-order valence-corrected chi connectivity index (χ4v) is 2.76. The van der Waals surface area contributed by atoms with E-state index in [4.69, 9.17) is 0 Å². The monoisotopic (exact) mass is 232 g/mol. The van der Waals surface area contributed by atoms with Crippen molar-refractivity contribution >= 4 is 22.1 Å². The van der Waals surface area contributed by atoms with Gasteiger partial charge in [0.2, 0.25) is 0 Å². The van der Waals surface area contributed by atoms with E-state index < -0.39 is 16.9 Å². The average Bonchev–Trinajstić information content (AvgIpc) is 2.14. The van der Waals surface area contributed by atoms with Gasteiger partial charge in [-0.15, -0.1) is 5.54 Å². The SMILES string of the molecule is C[SiH](C)c1cccc(C#C[Si](C)(C)C)c1. The second-order valence-corrected chi connectivity index (χ2v) is 13.0. The number of benzene rings is 1. The van der Waals surface area contributed by atoms with Crippen molar-refractivity contribution in [1.29, 1.82) is 0 Å². The summed E-state index contributed by atoms with van der Waals surface area (Å²) in [4.78, 5) is 0. The standard InChI is InChI=1S/C13H20Si2/c1-14(2)13-8-6-7-12(11-13)9-10-15(3,4)5/h6-8,11,14H,1-5H3. The van der Waals surface area contributed by atoms with Gasteiger partial charge in [0.15, 0.2) is 0 Å². The van der Waals surface area contributed by atoms with Crippen LogP contribution in [0.15, 0.2) is 24.3 Å². The minimum Gasteiger partial charge on any atom is -0.127 e. The van der Waals surface area contributed by atoms with Gasteiger partial charge in [0, 0.05) is 5.56 Å². The Balaban J connectivity index is 2.95. The molecule has 0 aromatic heterocycles. The molecular formula is C13H20Si2. The molecule has 0 saturated heterocycles. The lowest BCUT2D eigenvalue weighted by molar-refractivity contribution is 1.67. The van der Waals surface area contributed by atoms with E-state index in [1.807, 2.05) is 0 Å². The predicted molar refractivity (Wildman–Crippen MR) is 75.2 cm³/mol. The maximum atomic E-state index is 3.41. The van der Waals surface area contributed by atoms with Crippen molar-refractivity contribution in [3.63, 3.8) is 0 Å². The summed E-state index contributed by atoms with van der Waals surface area (Å²) in [5, 5.41) is 1.51. The van der Waals surface area contributed by atoms with Gasteiger partial charge in [0.1, 0.15) is 8.07 Å². The average molecular weight is 232 g/mol. The van der Waals surface area contributed by atoms with Gasteiger partial charge in [-0.3, -0.25) is 0 Å². The molecule has 0 heterocycles. The Kier molecular flexibility index (Phi) is 3.95. The smallest absolute Gasteiger partial charge is 0.127 e. The summed E-state index contributed by atoms with van der Waals surface area (Å²) >= 11 is 0. The first-order chi connectivity index (χ1) is 6.88. The van der Waals surface area contributed by atoms with E-state index in [9.17, 15) is 0 Å². The topological polar surface area (TPSA) is 0 Å². The van der Waals surface area contributed by atoms with Crippen LogP contribution in [0, 0.1) is 11.5 Å². The largest absolute Gasteiger partial charge is 0.129 e. The van der Waals surface area contributed by atoms with Crippen LogP contribution in [0.4, 0.5) is 0 Å². The van der Waals surface area contributed by atoms with Crippen molar-refractivity contribution in [2.24, 2.45) is 0 Å². The fourth-order valence-electron chi connectivity index (χ4n) is 1.24. The first-order valence-corrected chi connectivity index (χ1v) is 11.9. The Morgan fingerprint density at radius 1 is 1.13 bits per heavy atom. The summed E-state index contributed by atoms with van der Waals surface area (Å²) < 4.78 is 0. The summed E-state index contributed by atoms with van der Waals surface area (Å²) in [6.45, 7) is 11.5. The highest BCUT2D eigenvalue weighted by Crippen LogP contribution is 2.00. The number of hydrogen-bond donors (Lipinski definition) is 0. The normalized spacial score (nSPS) is 11.1. The Hall–Kier alpha value is -0.786. The van der Waals surface area contributed by atoms with Gasteiger partial charge < -0.3 is 0 Å². The molecule has 1 aromatic carbocycles. The molecule has 0 radical (unpaired) electrons. The van der Waals surface area contributed by atoms with E-state index in [0.717, 1.165) is 0 Å². The highest BCUT2D eigenvalue weighted by atomic mass is 28.3. The molecule has 0 unspecified atom stereocenters. The summed E-state index contributed by atoms with van der Waals surface area (Å²) in [7, 11) is -1.91. The summed E-state index contributed by atoms with van der Waals surface area (Å²) in [5.41, 5.74) is 4.60.